The van der Waals surface area contributed by atoms with E-state index in [1.54, 1.807) is 49.6 Å². The summed E-state index contributed by atoms with van der Waals surface area (Å²) < 4.78 is 10.9. The van der Waals surface area contributed by atoms with Crippen molar-refractivity contribution in [2.45, 2.75) is 0 Å². The number of rotatable bonds is 5. The summed E-state index contributed by atoms with van der Waals surface area (Å²) in [5.74, 6) is 1.17. The van der Waals surface area contributed by atoms with Gasteiger partial charge in [-0.2, -0.15) is 0 Å². The molecule has 8 nitrogen and oxygen atoms in total. The van der Waals surface area contributed by atoms with Gasteiger partial charge in [0.05, 0.1) is 27.6 Å². The van der Waals surface area contributed by atoms with Gasteiger partial charge in [-0.3, -0.25) is 14.9 Å². The highest BCUT2D eigenvalue weighted by Crippen LogP contribution is 2.34. The molecule has 1 fully saturated rings. The minimum Gasteiger partial charge on any atom is -0.497 e. The molecule has 0 unspecified atom stereocenters. The summed E-state index contributed by atoms with van der Waals surface area (Å²) in [6.45, 7) is 0. The molecular weight excluding hydrogens is 442 g/mol. The molecule has 2 aromatic carbocycles. The molecule has 0 spiro atoms. The first-order valence-corrected chi connectivity index (χ1v) is 10.1. The Morgan fingerprint density at radius 3 is 2.68 bits per heavy atom. The lowest BCUT2D eigenvalue weighted by molar-refractivity contribution is -0.384. The zero-order valence-electron chi connectivity index (χ0n) is 16.0. The number of amides is 1. The van der Waals surface area contributed by atoms with E-state index in [0.29, 0.717) is 43.6 Å². The molecule has 0 aliphatic carbocycles. The summed E-state index contributed by atoms with van der Waals surface area (Å²) >= 11 is 7.34. The predicted octanol–water partition coefficient (Wildman–Crippen LogP) is 5.41. The van der Waals surface area contributed by atoms with Crippen LogP contribution in [0.25, 0.3) is 17.4 Å². The third-order valence-corrected chi connectivity index (χ3v) is 5.52. The quantitative estimate of drug-likeness (QED) is 0.313. The van der Waals surface area contributed by atoms with Crippen molar-refractivity contribution in [3.63, 3.8) is 0 Å². The standard InChI is InChI=1S/C21H14ClN3O5S/c1-29-14-5-2-12(3-6-14)23-21-24-20(26)19(31-21)11-15-7-9-18(30-15)16-10-13(25(27)28)4-8-17(16)22/h2-11H,1H3,(H,23,24,26)/b19-11-. The normalized spacial score (nSPS) is 16.0. The topological polar surface area (TPSA) is 107 Å². The molecule has 3 aromatic rings. The Balaban J connectivity index is 1.55. The number of furan rings is 1. The van der Waals surface area contributed by atoms with Crippen LogP contribution in [-0.2, 0) is 4.79 Å². The number of carbonyl (C=O) groups is 1. The summed E-state index contributed by atoms with van der Waals surface area (Å²) in [6, 6.07) is 14.5. The van der Waals surface area contributed by atoms with Gasteiger partial charge in [0, 0.05) is 23.8 Å². The number of nitro groups is 1. The second-order valence-corrected chi connectivity index (χ2v) is 7.74. The number of nitro benzene ring substituents is 1. The molecule has 1 aromatic heterocycles. The molecule has 2 heterocycles. The summed E-state index contributed by atoms with van der Waals surface area (Å²) in [7, 11) is 1.58. The highest BCUT2D eigenvalue weighted by Gasteiger charge is 2.24. The third kappa shape index (κ3) is 4.62. The highest BCUT2D eigenvalue weighted by molar-refractivity contribution is 8.18. The van der Waals surface area contributed by atoms with E-state index in [0.717, 1.165) is 0 Å². The van der Waals surface area contributed by atoms with E-state index in [-0.39, 0.29) is 11.6 Å². The molecule has 1 saturated heterocycles. The van der Waals surface area contributed by atoms with Gasteiger partial charge in [0.25, 0.3) is 11.6 Å². The SMILES string of the molecule is COc1ccc(N=C2NC(=O)/C(=C/c3ccc(-c4cc([N+](=O)[O-])ccc4Cl)o3)S2)cc1. The van der Waals surface area contributed by atoms with Crippen LogP contribution in [0.2, 0.25) is 5.02 Å². The lowest BCUT2D eigenvalue weighted by Gasteiger charge is -2.00. The molecule has 4 rings (SSSR count). The van der Waals surface area contributed by atoms with Crippen LogP contribution in [-0.4, -0.2) is 23.1 Å². The molecule has 31 heavy (non-hydrogen) atoms. The molecular formula is C21H14ClN3O5S. The van der Waals surface area contributed by atoms with E-state index in [9.17, 15) is 14.9 Å². The molecule has 10 heteroatoms. The zero-order valence-corrected chi connectivity index (χ0v) is 17.6. The maximum absolute atomic E-state index is 12.3. The Bertz CT molecular complexity index is 1230. The van der Waals surface area contributed by atoms with Crippen molar-refractivity contribution in [2.75, 3.05) is 7.11 Å². The number of nitrogens with one attached hydrogen (secondary N) is 1. The van der Waals surface area contributed by atoms with Gasteiger partial charge >= 0.3 is 0 Å². The Morgan fingerprint density at radius 1 is 1.19 bits per heavy atom. The molecule has 1 N–H and O–H groups in total. The molecule has 0 bridgehead atoms. The molecule has 1 aliphatic heterocycles. The smallest absolute Gasteiger partial charge is 0.270 e. The van der Waals surface area contributed by atoms with Gasteiger partial charge in [0.1, 0.15) is 17.3 Å². The average Bonchev–Trinajstić information content (AvgIpc) is 3.35. The Hall–Kier alpha value is -3.56. The molecule has 156 valence electrons. The van der Waals surface area contributed by atoms with Gasteiger partial charge in [0.2, 0.25) is 0 Å². The molecule has 0 radical (unpaired) electrons. The van der Waals surface area contributed by atoms with E-state index >= 15 is 0 Å². The van der Waals surface area contributed by atoms with E-state index < -0.39 is 4.92 Å². The fourth-order valence-corrected chi connectivity index (χ4v) is 3.81. The van der Waals surface area contributed by atoms with Gasteiger partial charge in [-0.15, -0.1) is 0 Å². The fourth-order valence-electron chi connectivity index (χ4n) is 2.77. The van der Waals surface area contributed by atoms with Crippen molar-refractivity contribution < 1.29 is 18.9 Å². The lowest BCUT2D eigenvalue weighted by atomic mass is 10.1. The zero-order chi connectivity index (χ0) is 22.0. The van der Waals surface area contributed by atoms with E-state index in [4.69, 9.17) is 20.8 Å². The van der Waals surface area contributed by atoms with Crippen LogP contribution in [0, 0.1) is 10.1 Å². The first kappa shape index (κ1) is 20.7. The molecule has 0 saturated carbocycles. The number of halogens is 1. The predicted molar refractivity (Wildman–Crippen MR) is 120 cm³/mol. The number of non-ortho nitro benzene ring substituents is 1. The number of hydrogen-bond acceptors (Lipinski definition) is 7. The highest BCUT2D eigenvalue weighted by atomic mass is 35.5. The van der Waals surface area contributed by atoms with Gasteiger partial charge in [0.15, 0.2) is 5.17 Å². The van der Waals surface area contributed by atoms with E-state index in [1.807, 2.05) is 0 Å². The summed E-state index contributed by atoms with van der Waals surface area (Å²) in [5.41, 5.74) is 0.970. The number of carbonyl (C=O) groups excluding carboxylic acids is 1. The number of nitrogens with zero attached hydrogens (tertiary/aromatic N) is 2. The number of amidine groups is 1. The Kier molecular flexibility index (Phi) is 5.79. The minimum absolute atomic E-state index is 0.0965. The number of aliphatic imine (C=N–C) groups is 1. The number of thioether (sulfide) groups is 1. The van der Waals surface area contributed by atoms with Gasteiger partial charge in [-0.1, -0.05) is 11.6 Å². The Labute approximate surface area is 185 Å². The van der Waals surface area contributed by atoms with Crippen LogP contribution >= 0.6 is 23.4 Å². The summed E-state index contributed by atoms with van der Waals surface area (Å²) in [6.07, 6.45) is 1.57. The fraction of sp³-hybridized carbons (Fsp3) is 0.0476. The maximum Gasteiger partial charge on any atom is 0.270 e. The first-order chi connectivity index (χ1) is 14.9. The second-order valence-electron chi connectivity index (χ2n) is 6.30. The number of benzene rings is 2. The average molecular weight is 456 g/mol. The Morgan fingerprint density at radius 2 is 1.97 bits per heavy atom. The van der Waals surface area contributed by atoms with Crippen LogP contribution in [0.15, 0.2) is 68.9 Å². The van der Waals surface area contributed by atoms with E-state index in [2.05, 4.69) is 10.3 Å². The van der Waals surface area contributed by atoms with Crippen molar-refractivity contribution in [2.24, 2.45) is 4.99 Å². The molecule has 1 aliphatic rings. The monoisotopic (exact) mass is 455 g/mol. The van der Waals surface area contributed by atoms with Crippen molar-refractivity contribution in [1.82, 2.24) is 5.32 Å². The van der Waals surface area contributed by atoms with Gasteiger partial charge in [-0.05, 0) is 54.2 Å². The third-order valence-electron chi connectivity index (χ3n) is 4.28. The van der Waals surface area contributed by atoms with E-state index in [1.165, 1.54) is 30.0 Å². The van der Waals surface area contributed by atoms with Crippen LogP contribution in [0.1, 0.15) is 5.76 Å². The summed E-state index contributed by atoms with van der Waals surface area (Å²) in [4.78, 5) is 27.6. The maximum atomic E-state index is 12.3. The van der Waals surface area contributed by atoms with Crippen molar-refractivity contribution >= 4 is 51.9 Å². The second kappa shape index (κ2) is 8.66. The van der Waals surface area contributed by atoms with Crippen LogP contribution < -0.4 is 10.1 Å². The number of ether oxygens (including phenoxy) is 1. The van der Waals surface area contributed by atoms with Crippen LogP contribution in [0.4, 0.5) is 11.4 Å². The largest absolute Gasteiger partial charge is 0.497 e. The van der Waals surface area contributed by atoms with Gasteiger partial charge in [-0.25, -0.2) is 4.99 Å². The van der Waals surface area contributed by atoms with Crippen molar-refractivity contribution in [1.29, 1.82) is 0 Å². The van der Waals surface area contributed by atoms with Crippen molar-refractivity contribution in [3.05, 3.63) is 80.4 Å². The lowest BCUT2D eigenvalue weighted by Crippen LogP contribution is -2.19. The van der Waals surface area contributed by atoms with Crippen LogP contribution in [0.3, 0.4) is 0 Å². The molecule has 0 atom stereocenters. The van der Waals surface area contributed by atoms with Crippen LogP contribution in [0.5, 0.6) is 5.75 Å². The number of methoxy groups -OCH3 is 1. The van der Waals surface area contributed by atoms with Gasteiger partial charge < -0.3 is 14.5 Å². The first-order valence-electron chi connectivity index (χ1n) is 8.91. The minimum atomic E-state index is -0.505. The van der Waals surface area contributed by atoms with Crippen molar-refractivity contribution in [3.8, 4) is 17.1 Å². The molecule has 1 amide bonds. The number of hydrogen-bond donors (Lipinski definition) is 1. The summed E-state index contributed by atoms with van der Waals surface area (Å²) in [5, 5.41) is 14.5.